The van der Waals surface area contributed by atoms with E-state index < -0.39 is 0 Å². The molecule has 0 radical (unpaired) electrons. The largest absolute Gasteiger partial charge is 0.459 e. The van der Waals surface area contributed by atoms with Crippen LogP contribution in [0.3, 0.4) is 0 Å². The number of rotatable bonds is 2. The van der Waals surface area contributed by atoms with Crippen molar-refractivity contribution in [2.24, 2.45) is 0 Å². The SMILES string of the molecule is O=C(NC(=S)NN1CCOCC1)c1ccco1. The van der Waals surface area contributed by atoms with Crippen LogP contribution < -0.4 is 10.7 Å². The zero-order chi connectivity index (χ0) is 12.1. The molecule has 1 aromatic rings. The number of morpholine rings is 1. The van der Waals surface area contributed by atoms with E-state index in [2.05, 4.69) is 10.7 Å². The number of hydrogen-bond acceptors (Lipinski definition) is 5. The molecular weight excluding hydrogens is 242 g/mol. The van der Waals surface area contributed by atoms with E-state index >= 15 is 0 Å². The van der Waals surface area contributed by atoms with Gasteiger partial charge in [-0.05, 0) is 24.4 Å². The van der Waals surface area contributed by atoms with E-state index in [1.807, 2.05) is 5.01 Å². The molecule has 0 spiro atoms. The number of nitrogens with one attached hydrogen (secondary N) is 2. The molecule has 2 N–H and O–H groups in total. The number of hydrazine groups is 1. The molecule has 1 aromatic heterocycles. The van der Waals surface area contributed by atoms with Crippen molar-refractivity contribution >= 4 is 23.2 Å². The lowest BCUT2D eigenvalue weighted by molar-refractivity contribution is 0.0247. The fourth-order valence-corrected chi connectivity index (χ4v) is 1.64. The van der Waals surface area contributed by atoms with Crippen LogP contribution in [0, 0.1) is 0 Å². The zero-order valence-corrected chi connectivity index (χ0v) is 9.96. The molecule has 0 aromatic carbocycles. The Morgan fingerprint density at radius 1 is 1.41 bits per heavy atom. The van der Waals surface area contributed by atoms with Crippen molar-refractivity contribution in [2.75, 3.05) is 26.3 Å². The van der Waals surface area contributed by atoms with Gasteiger partial charge in [0.25, 0.3) is 5.91 Å². The van der Waals surface area contributed by atoms with Crippen LogP contribution in [-0.4, -0.2) is 42.3 Å². The first-order valence-corrected chi connectivity index (χ1v) is 5.65. The summed E-state index contributed by atoms with van der Waals surface area (Å²) in [6.07, 6.45) is 1.44. The van der Waals surface area contributed by atoms with Crippen LogP contribution >= 0.6 is 12.2 Å². The molecule has 0 unspecified atom stereocenters. The Morgan fingerprint density at radius 3 is 2.82 bits per heavy atom. The minimum absolute atomic E-state index is 0.233. The lowest BCUT2D eigenvalue weighted by atomic mass is 10.4. The molecule has 7 heteroatoms. The molecule has 0 atom stereocenters. The van der Waals surface area contributed by atoms with Crippen LogP contribution in [-0.2, 0) is 4.74 Å². The van der Waals surface area contributed by atoms with Gasteiger partial charge in [0.2, 0.25) is 0 Å². The van der Waals surface area contributed by atoms with Crippen molar-refractivity contribution < 1.29 is 13.9 Å². The van der Waals surface area contributed by atoms with Crippen molar-refractivity contribution in [1.82, 2.24) is 15.8 Å². The molecular formula is C10H13N3O3S. The minimum Gasteiger partial charge on any atom is -0.459 e. The molecule has 0 aliphatic carbocycles. The molecule has 1 amide bonds. The van der Waals surface area contributed by atoms with Crippen LogP contribution in [0.25, 0.3) is 0 Å². The highest BCUT2D eigenvalue weighted by Crippen LogP contribution is 1.99. The summed E-state index contributed by atoms with van der Waals surface area (Å²) in [6, 6.07) is 3.22. The van der Waals surface area contributed by atoms with Crippen LogP contribution in [0.1, 0.15) is 10.6 Å². The summed E-state index contributed by atoms with van der Waals surface area (Å²) >= 11 is 5.02. The first-order valence-electron chi connectivity index (χ1n) is 5.24. The standard InChI is InChI=1S/C10H13N3O3S/c14-9(8-2-1-5-16-8)11-10(17)12-13-3-6-15-7-4-13/h1-2,5H,3-4,6-7H2,(H2,11,12,14,17). The molecule has 6 nitrogen and oxygen atoms in total. The second-order valence-electron chi connectivity index (χ2n) is 3.47. The van der Waals surface area contributed by atoms with Crippen molar-refractivity contribution in [2.45, 2.75) is 0 Å². The quantitative estimate of drug-likeness (QED) is 0.732. The number of furan rings is 1. The first-order chi connectivity index (χ1) is 8.25. The maximum atomic E-state index is 11.6. The second kappa shape index (κ2) is 5.76. The summed E-state index contributed by atoms with van der Waals surface area (Å²) in [4.78, 5) is 11.6. The van der Waals surface area contributed by atoms with Gasteiger partial charge in [-0.15, -0.1) is 0 Å². The van der Waals surface area contributed by atoms with Crippen LogP contribution in [0.4, 0.5) is 0 Å². The van der Waals surface area contributed by atoms with Gasteiger partial charge in [-0.25, -0.2) is 5.01 Å². The molecule has 17 heavy (non-hydrogen) atoms. The molecule has 2 heterocycles. The number of hydrogen-bond donors (Lipinski definition) is 2. The molecule has 1 aliphatic rings. The summed E-state index contributed by atoms with van der Waals surface area (Å²) in [5, 5.41) is 4.69. The Balaban J connectivity index is 1.78. The third-order valence-electron chi connectivity index (χ3n) is 2.24. The van der Waals surface area contributed by atoms with Gasteiger partial charge >= 0.3 is 0 Å². The summed E-state index contributed by atoms with van der Waals surface area (Å²) in [5.74, 6) is -0.128. The lowest BCUT2D eigenvalue weighted by Crippen LogP contribution is -2.52. The van der Waals surface area contributed by atoms with Gasteiger partial charge in [-0.1, -0.05) is 0 Å². The van der Waals surface area contributed by atoms with E-state index in [0.29, 0.717) is 13.2 Å². The smallest absolute Gasteiger partial charge is 0.293 e. The average molecular weight is 255 g/mol. The van der Waals surface area contributed by atoms with Gasteiger partial charge in [0.1, 0.15) is 0 Å². The molecule has 92 valence electrons. The number of ether oxygens (including phenoxy) is 1. The Hall–Kier alpha value is -1.44. The van der Waals surface area contributed by atoms with Crippen molar-refractivity contribution in [3.8, 4) is 0 Å². The fourth-order valence-electron chi connectivity index (χ4n) is 1.42. The second-order valence-corrected chi connectivity index (χ2v) is 3.88. The maximum Gasteiger partial charge on any atom is 0.293 e. The normalized spacial score (nSPS) is 16.5. The predicted octanol–water partition coefficient (Wildman–Crippen LogP) is 0.131. The van der Waals surface area contributed by atoms with Gasteiger partial charge < -0.3 is 9.15 Å². The fraction of sp³-hybridized carbons (Fsp3) is 0.400. The first kappa shape index (κ1) is 12.0. The number of nitrogens with zero attached hydrogens (tertiary/aromatic N) is 1. The monoisotopic (exact) mass is 255 g/mol. The number of amides is 1. The van der Waals surface area contributed by atoms with Gasteiger partial charge in [0.05, 0.1) is 19.5 Å². The highest BCUT2D eigenvalue weighted by Gasteiger charge is 2.14. The third kappa shape index (κ3) is 3.52. The highest BCUT2D eigenvalue weighted by atomic mass is 32.1. The lowest BCUT2D eigenvalue weighted by Gasteiger charge is -2.27. The summed E-state index contributed by atoms with van der Waals surface area (Å²) in [6.45, 7) is 2.77. The van der Waals surface area contributed by atoms with Crippen LogP contribution in [0.15, 0.2) is 22.8 Å². The van der Waals surface area contributed by atoms with E-state index in [4.69, 9.17) is 21.4 Å². The minimum atomic E-state index is -0.360. The van der Waals surface area contributed by atoms with Gasteiger partial charge in [0, 0.05) is 13.1 Å². The maximum absolute atomic E-state index is 11.6. The van der Waals surface area contributed by atoms with Crippen LogP contribution in [0.5, 0.6) is 0 Å². The zero-order valence-electron chi connectivity index (χ0n) is 9.14. The Kier molecular flexibility index (Phi) is 4.08. The Labute approximate surface area is 104 Å². The predicted molar refractivity (Wildman–Crippen MR) is 64.3 cm³/mol. The van der Waals surface area contributed by atoms with E-state index in [0.717, 1.165) is 13.1 Å². The Bertz CT molecular complexity index is 388. The van der Waals surface area contributed by atoms with Crippen molar-refractivity contribution in [3.63, 3.8) is 0 Å². The highest BCUT2D eigenvalue weighted by molar-refractivity contribution is 7.80. The van der Waals surface area contributed by atoms with Crippen LogP contribution in [0.2, 0.25) is 0 Å². The number of carbonyl (C=O) groups excluding carboxylic acids is 1. The van der Waals surface area contributed by atoms with E-state index in [9.17, 15) is 4.79 Å². The van der Waals surface area contributed by atoms with Gasteiger partial charge in [-0.2, -0.15) is 0 Å². The summed E-state index contributed by atoms with van der Waals surface area (Å²) in [7, 11) is 0. The number of carbonyl (C=O) groups is 1. The molecule has 0 bridgehead atoms. The molecule has 2 rings (SSSR count). The topological polar surface area (TPSA) is 66.7 Å². The van der Waals surface area contributed by atoms with Gasteiger partial charge in [-0.3, -0.25) is 15.5 Å². The van der Waals surface area contributed by atoms with Crippen molar-refractivity contribution in [1.29, 1.82) is 0 Å². The van der Waals surface area contributed by atoms with Crippen molar-refractivity contribution in [3.05, 3.63) is 24.2 Å². The van der Waals surface area contributed by atoms with E-state index in [1.54, 1.807) is 12.1 Å². The number of thiocarbonyl (C=S) groups is 1. The molecule has 0 saturated carbocycles. The summed E-state index contributed by atoms with van der Waals surface area (Å²) < 4.78 is 10.1. The third-order valence-corrected chi connectivity index (χ3v) is 2.44. The van der Waals surface area contributed by atoms with Gasteiger partial charge in [0.15, 0.2) is 10.9 Å². The van der Waals surface area contributed by atoms with E-state index in [1.165, 1.54) is 6.26 Å². The van der Waals surface area contributed by atoms with E-state index in [-0.39, 0.29) is 16.8 Å². The average Bonchev–Trinajstić information content (AvgIpc) is 2.83. The molecule has 1 fully saturated rings. The Morgan fingerprint density at radius 2 is 2.18 bits per heavy atom. The summed E-state index contributed by atoms with van der Waals surface area (Å²) in [5.41, 5.74) is 2.92. The molecule has 1 aliphatic heterocycles. The molecule has 1 saturated heterocycles.